The Morgan fingerprint density at radius 1 is 1.23 bits per heavy atom. The summed E-state index contributed by atoms with van der Waals surface area (Å²) in [4.78, 5) is 26.0. The van der Waals surface area contributed by atoms with Crippen molar-refractivity contribution >= 4 is 78.1 Å². The summed E-state index contributed by atoms with van der Waals surface area (Å²) in [5.74, 6) is 0.747. The number of benzene rings is 1. The number of carbonyl (C=O) groups is 1. The first-order chi connectivity index (χ1) is 16.9. The van der Waals surface area contributed by atoms with Crippen LogP contribution in [0.5, 0.6) is 5.75 Å². The molecule has 12 heteroatoms. The van der Waals surface area contributed by atoms with Crippen molar-refractivity contribution in [3.63, 3.8) is 0 Å². The number of nitrogens with zero attached hydrogens (tertiary/aromatic N) is 4. The molecule has 3 aromatic heterocycles. The summed E-state index contributed by atoms with van der Waals surface area (Å²) in [7, 11) is 1.50. The lowest BCUT2D eigenvalue weighted by Gasteiger charge is -2.16. The molecule has 1 amide bonds. The van der Waals surface area contributed by atoms with Crippen molar-refractivity contribution in [1.82, 2.24) is 19.5 Å². The number of thiophene rings is 1. The van der Waals surface area contributed by atoms with Gasteiger partial charge < -0.3 is 19.9 Å². The second-order valence-corrected chi connectivity index (χ2v) is 10.2. The normalized spacial score (nSPS) is 11.1. The van der Waals surface area contributed by atoms with Crippen LogP contribution in [-0.2, 0) is 6.54 Å². The maximum Gasteiger partial charge on any atom is 0.258 e. The molecule has 0 saturated heterocycles. The highest BCUT2D eigenvalue weighted by Crippen LogP contribution is 2.46. The molecular formula is C23H23BrCl2N6O2S. The van der Waals surface area contributed by atoms with E-state index in [0.717, 1.165) is 37.1 Å². The van der Waals surface area contributed by atoms with E-state index < -0.39 is 0 Å². The lowest BCUT2D eigenvalue weighted by Crippen LogP contribution is -2.13. The van der Waals surface area contributed by atoms with Crippen LogP contribution in [0.25, 0.3) is 10.2 Å². The molecule has 0 aliphatic heterocycles. The van der Waals surface area contributed by atoms with Crippen molar-refractivity contribution in [2.24, 2.45) is 0 Å². The number of ether oxygens (including phenoxy) is 1. The average Bonchev–Trinajstić information content (AvgIpc) is 3.53. The Kier molecular flexibility index (Phi) is 8.48. The summed E-state index contributed by atoms with van der Waals surface area (Å²) in [5.41, 5.74) is 1.98. The number of rotatable bonds is 10. The van der Waals surface area contributed by atoms with E-state index in [1.807, 2.05) is 19.4 Å². The van der Waals surface area contributed by atoms with Crippen molar-refractivity contribution in [3.05, 3.63) is 56.1 Å². The molecule has 2 N–H and O–H groups in total. The minimum Gasteiger partial charge on any atom is -0.494 e. The average molecular weight is 598 g/mol. The molecule has 0 atom stereocenters. The van der Waals surface area contributed by atoms with Gasteiger partial charge in [0.1, 0.15) is 17.2 Å². The number of fused-ring (bicyclic) bond motifs is 1. The van der Waals surface area contributed by atoms with Gasteiger partial charge in [-0.25, -0.2) is 15.0 Å². The van der Waals surface area contributed by atoms with Gasteiger partial charge >= 0.3 is 0 Å². The third-order valence-corrected chi connectivity index (χ3v) is 8.25. The quantitative estimate of drug-likeness (QED) is 0.195. The molecule has 4 aromatic rings. The predicted molar refractivity (Wildman–Crippen MR) is 145 cm³/mol. The number of halogens is 3. The topological polar surface area (TPSA) is 94.0 Å². The van der Waals surface area contributed by atoms with E-state index in [4.69, 9.17) is 27.9 Å². The largest absolute Gasteiger partial charge is 0.494 e. The Bertz CT molecular complexity index is 1350. The second kappa shape index (κ2) is 11.6. The summed E-state index contributed by atoms with van der Waals surface area (Å²) in [6, 6.07) is 0. The molecule has 0 unspecified atom stereocenters. The van der Waals surface area contributed by atoms with Crippen molar-refractivity contribution in [1.29, 1.82) is 0 Å². The molecule has 0 radical (unpaired) electrons. The molecule has 184 valence electrons. The van der Waals surface area contributed by atoms with Crippen molar-refractivity contribution in [3.8, 4) is 5.75 Å². The van der Waals surface area contributed by atoms with Crippen LogP contribution in [0.4, 0.5) is 11.5 Å². The van der Waals surface area contributed by atoms with Crippen LogP contribution < -0.4 is 15.4 Å². The number of carbonyl (C=O) groups excluding carboxylic acids is 1. The SMILES string of the molecule is COc1c(Cl)c(NC(=O)c2csc3c(NCCCCCn4ccnc4)ncnc23)c(Cl)c(C)c1Br. The number of hydrogen-bond acceptors (Lipinski definition) is 7. The van der Waals surface area contributed by atoms with E-state index in [2.05, 4.69) is 46.1 Å². The first-order valence-corrected chi connectivity index (χ1v) is 13.3. The highest BCUT2D eigenvalue weighted by Gasteiger charge is 2.23. The summed E-state index contributed by atoms with van der Waals surface area (Å²) >= 11 is 17.8. The van der Waals surface area contributed by atoms with Crippen LogP contribution in [0.1, 0.15) is 35.2 Å². The van der Waals surface area contributed by atoms with Gasteiger partial charge in [-0.2, -0.15) is 0 Å². The highest BCUT2D eigenvalue weighted by atomic mass is 79.9. The second-order valence-electron chi connectivity index (χ2n) is 7.77. The lowest BCUT2D eigenvalue weighted by molar-refractivity contribution is 0.102. The molecule has 4 rings (SSSR count). The van der Waals surface area contributed by atoms with Crippen LogP contribution in [0, 0.1) is 6.92 Å². The van der Waals surface area contributed by atoms with Gasteiger partial charge in [0.25, 0.3) is 5.91 Å². The van der Waals surface area contributed by atoms with Crippen LogP contribution in [-0.4, -0.2) is 39.1 Å². The number of hydrogen-bond donors (Lipinski definition) is 2. The maximum atomic E-state index is 13.2. The lowest BCUT2D eigenvalue weighted by atomic mass is 10.2. The smallest absolute Gasteiger partial charge is 0.258 e. The molecular weight excluding hydrogens is 575 g/mol. The van der Waals surface area contributed by atoms with Gasteiger partial charge in [-0.1, -0.05) is 23.2 Å². The summed E-state index contributed by atoms with van der Waals surface area (Å²) in [5, 5.41) is 8.51. The Hall–Kier alpha value is -2.40. The van der Waals surface area contributed by atoms with Crippen molar-refractivity contribution < 1.29 is 9.53 Å². The minimum atomic E-state index is -0.368. The van der Waals surface area contributed by atoms with Crippen molar-refractivity contribution in [2.75, 3.05) is 24.3 Å². The molecule has 0 saturated carbocycles. The van der Waals surface area contributed by atoms with Gasteiger partial charge in [-0.15, -0.1) is 11.3 Å². The number of aromatic nitrogens is 4. The number of imidazole rings is 1. The first-order valence-electron chi connectivity index (χ1n) is 10.9. The zero-order valence-corrected chi connectivity index (χ0v) is 23.0. The molecule has 0 aliphatic carbocycles. The van der Waals surface area contributed by atoms with E-state index in [1.165, 1.54) is 24.8 Å². The minimum absolute atomic E-state index is 0.216. The van der Waals surface area contributed by atoms with Gasteiger partial charge in [0, 0.05) is 30.9 Å². The molecule has 0 aliphatic rings. The van der Waals surface area contributed by atoms with Gasteiger partial charge in [-0.05, 0) is 47.7 Å². The first kappa shape index (κ1) is 25.7. The molecule has 0 fully saturated rings. The fourth-order valence-electron chi connectivity index (χ4n) is 3.59. The van der Waals surface area contributed by atoms with Gasteiger partial charge in [0.15, 0.2) is 5.75 Å². The number of amides is 1. The number of methoxy groups -OCH3 is 1. The van der Waals surface area contributed by atoms with Crippen LogP contribution in [0.3, 0.4) is 0 Å². The predicted octanol–water partition coefficient (Wildman–Crippen LogP) is 6.81. The third kappa shape index (κ3) is 5.55. The van der Waals surface area contributed by atoms with Crippen molar-refractivity contribution in [2.45, 2.75) is 32.7 Å². The van der Waals surface area contributed by atoms with Crippen LogP contribution >= 0.6 is 50.5 Å². The van der Waals surface area contributed by atoms with E-state index in [9.17, 15) is 4.79 Å². The molecule has 8 nitrogen and oxygen atoms in total. The molecule has 1 aromatic carbocycles. The fourth-order valence-corrected chi connectivity index (χ4v) is 5.94. The monoisotopic (exact) mass is 596 g/mol. The zero-order chi connectivity index (χ0) is 24.9. The zero-order valence-electron chi connectivity index (χ0n) is 19.1. The Labute approximate surface area is 225 Å². The number of unbranched alkanes of at least 4 members (excludes halogenated alkanes) is 2. The van der Waals surface area contributed by atoms with Crippen LogP contribution in [0.2, 0.25) is 10.0 Å². The third-order valence-electron chi connectivity index (χ3n) is 5.48. The van der Waals surface area contributed by atoms with Gasteiger partial charge in [-0.3, -0.25) is 4.79 Å². The molecule has 3 heterocycles. The Balaban J connectivity index is 1.44. The highest BCUT2D eigenvalue weighted by molar-refractivity contribution is 9.10. The van der Waals surface area contributed by atoms with Crippen LogP contribution in [0.15, 0.2) is 34.9 Å². The summed E-state index contributed by atoms with van der Waals surface area (Å²) < 4.78 is 8.90. The van der Waals surface area contributed by atoms with E-state index >= 15 is 0 Å². The summed E-state index contributed by atoms with van der Waals surface area (Å²) in [6.07, 6.45) is 10.2. The van der Waals surface area contributed by atoms with E-state index in [1.54, 1.807) is 11.6 Å². The van der Waals surface area contributed by atoms with E-state index in [-0.39, 0.29) is 10.9 Å². The Morgan fingerprint density at radius 2 is 2.06 bits per heavy atom. The Morgan fingerprint density at radius 3 is 2.80 bits per heavy atom. The van der Waals surface area contributed by atoms with Gasteiger partial charge in [0.2, 0.25) is 0 Å². The number of nitrogens with one attached hydrogen (secondary N) is 2. The molecule has 0 bridgehead atoms. The number of aryl methyl sites for hydroxylation is 1. The standard InChI is InChI=1S/C23H23BrCl2N6O2S/c1-13-15(24)20(34-2)17(26)19(16(13)25)31-23(33)14-10-35-21-18(14)29-11-30-22(21)28-6-4-3-5-8-32-9-7-27-12-32/h7,9-12H,3-6,8H2,1-2H3,(H,31,33)(H,28,29,30). The maximum absolute atomic E-state index is 13.2. The molecule has 0 spiro atoms. The van der Waals surface area contributed by atoms with E-state index in [0.29, 0.717) is 43.4 Å². The number of anilines is 2. The molecule has 35 heavy (non-hydrogen) atoms. The summed E-state index contributed by atoms with van der Waals surface area (Å²) in [6.45, 7) is 3.54. The van der Waals surface area contributed by atoms with Gasteiger partial charge in [0.05, 0.1) is 44.4 Å². The fraction of sp³-hybridized carbons (Fsp3) is 0.304.